The van der Waals surface area contributed by atoms with Gasteiger partial charge in [0, 0.05) is 17.1 Å². The van der Waals surface area contributed by atoms with Gasteiger partial charge in [-0.05, 0) is 63.6 Å². The zero-order valence-corrected chi connectivity index (χ0v) is 20.3. The van der Waals surface area contributed by atoms with E-state index in [0.717, 1.165) is 22.3 Å². The molecule has 2 heterocycles. The minimum atomic E-state index is -0.774. The number of benzene rings is 2. The zero-order valence-electron chi connectivity index (χ0n) is 19.5. The van der Waals surface area contributed by atoms with E-state index in [1.165, 1.54) is 17.4 Å². The van der Waals surface area contributed by atoms with Crippen LogP contribution in [0, 0.1) is 6.92 Å². The third kappa shape index (κ3) is 5.02. The number of amidine groups is 1. The highest BCUT2D eigenvalue weighted by Gasteiger charge is 2.22. The van der Waals surface area contributed by atoms with Gasteiger partial charge in [0.25, 0.3) is 5.56 Å². The molecule has 0 bridgehead atoms. The number of carbonyl (C=O) groups excluding carboxylic acids is 1. The van der Waals surface area contributed by atoms with Crippen LogP contribution in [0.5, 0.6) is 0 Å². The predicted molar refractivity (Wildman–Crippen MR) is 139 cm³/mol. The molecule has 0 aliphatic carbocycles. The molecule has 7 nitrogen and oxygen atoms in total. The van der Waals surface area contributed by atoms with E-state index in [2.05, 4.69) is 10.3 Å². The second-order valence-electron chi connectivity index (χ2n) is 8.84. The number of hydrogen-bond acceptors (Lipinski definition) is 5. The predicted octanol–water partition coefficient (Wildman–Crippen LogP) is 5.74. The number of anilines is 2. The first-order valence-corrected chi connectivity index (χ1v) is 11.6. The Kier molecular flexibility index (Phi) is 6.26. The van der Waals surface area contributed by atoms with Crippen molar-refractivity contribution < 1.29 is 9.53 Å². The van der Waals surface area contributed by atoms with Crippen LogP contribution in [-0.2, 0) is 4.74 Å². The molecular formula is C26H26N4O3S. The number of ether oxygens (including phenoxy) is 1. The van der Waals surface area contributed by atoms with Crippen molar-refractivity contribution in [3.63, 3.8) is 0 Å². The fourth-order valence-corrected chi connectivity index (χ4v) is 4.68. The first-order valence-electron chi connectivity index (χ1n) is 10.8. The van der Waals surface area contributed by atoms with Crippen LogP contribution in [0.4, 0.5) is 16.2 Å². The molecule has 2 aromatic carbocycles. The summed E-state index contributed by atoms with van der Waals surface area (Å²) in [6.07, 6.45) is -0.774. The summed E-state index contributed by atoms with van der Waals surface area (Å²) in [5, 5.41) is 4.20. The van der Waals surface area contributed by atoms with Gasteiger partial charge in [-0.3, -0.25) is 9.36 Å². The number of amides is 1. The lowest BCUT2D eigenvalue weighted by atomic mass is 10.2. The topological polar surface area (TPSA) is 98.7 Å². The molecule has 8 heteroatoms. The number of para-hydroxylation sites is 1. The molecule has 0 saturated heterocycles. The van der Waals surface area contributed by atoms with E-state index in [9.17, 15) is 9.59 Å². The van der Waals surface area contributed by atoms with Crippen molar-refractivity contribution in [1.29, 1.82) is 0 Å². The molecule has 4 aromatic rings. The fourth-order valence-electron chi connectivity index (χ4n) is 3.51. The Morgan fingerprint density at radius 2 is 1.79 bits per heavy atom. The lowest BCUT2D eigenvalue weighted by molar-refractivity contribution is 0.0604. The third-order valence-corrected chi connectivity index (χ3v) is 6.09. The van der Waals surface area contributed by atoms with Crippen LogP contribution in [0.2, 0.25) is 0 Å². The van der Waals surface area contributed by atoms with Gasteiger partial charge in [0.05, 0.1) is 16.3 Å². The summed E-state index contributed by atoms with van der Waals surface area (Å²) in [5.41, 5.74) is 8.79. The Labute approximate surface area is 201 Å². The SMILES string of the molecule is Cc1cccc(Nc2c(C(N)=NC(=O)OC(C)(C)C)sc3c2ccc(=O)n3-c2ccccc2)c1. The molecule has 0 radical (unpaired) electrons. The summed E-state index contributed by atoms with van der Waals surface area (Å²) in [5.74, 6) is 0.0117. The number of aliphatic imine (C=N–C) groups is 1. The van der Waals surface area contributed by atoms with Gasteiger partial charge >= 0.3 is 6.09 Å². The second-order valence-corrected chi connectivity index (χ2v) is 9.84. The summed E-state index contributed by atoms with van der Waals surface area (Å²) >= 11 is 1.29. The molecule has 0 spiro atoms. The smallest absolute Gasteiger partial charge is 0.436 e. The van der Waals surface area contributed by atoms with E-state index in [-0.39, 0.29) is 11.4 Å². The summed E-state index contributed by atoms with van der Waals surface area (Å²) in [7, 11) is 0. The molecule has 0 aliphatic rings. The van der Waals surface area contributed by atoms with Crippen LogP contribution < -0.4 is 16.6 Å². The van der Waals surface area contributed by atoms with Crippen molar-refractivity contribution in [3.8, 4) is 5.69 Å². The molecule has 4 rings (SSSR count). The number of hydrogen-bond donors (Lipinski definition) is 2. The molecule has 34 heavy (non-hydrogen) atoms. The zero-order chi connectivity index (χ0) is 24.5. The molecule has 0 saturated carbocycles. The number of nitrogens with two attached hydrogens (primary N) is 1. The molecule has 3 N–H and O–H groups in total. The van der Waals surface area contributed by atoms with E-state index in [1.807, 2.05) is 61.5 Å². The Morgan fingerprint density at radius 3 is 2.47 bits per heavy atom. The largest absolute Gasteiger partial charge is 0.442 e. The van der Waals surface area contributed by atoms with Crippen LogP contribution in [0.1, 0.15) is 31.2 Å². The number of carbonyl (C=O) groups is 1. The number of fused-ring (bicyclic) bond motifs is 1. The first-order chi connectivity index (χ1) is 16.1. The normalized spacial score (nSPS) is 12.1. The van der Waals surface area contributed by atoms with Crippen LogP contribution >= 0.6 is 11.3 Å². The Hall–Kier alpha value is -3.91. The molecule has 0 aliphatic heterocycles. The minimum Gasteiger partial charge on any atom is -0.442 e. The van der Waals surface area contributed by atoms with Gasteiger partial charge in [-0.15, -0.1) is 11.3 Å². The van der Waals surface area contributed by atoms with E-state index in [4.69, 9.17) is 10.5 Å². The van der Waals surface area contributed by atoms with Crippen molar-refractivity contribution >= 4 is 44.9 Å². The van der Waals surface area contributed by atoms with E-state index in [0.29, 0.717) is 15.4 Å². The molecule has 0 fully saturated rings. The number of thiophene rings is 1. The highest BCUT2D eigenvalue weighted by molar-refractivity contribution is 7.21. The van der Waals surface area contributed by atoms with Crippen molar-refractivity contribution in [2.24, 2.45) is 10.7 Å². The molecular weight excluding hydrogens is 448 g/mol. The summed E-state index contributed by atoms with van der Waals surface area (Å²) in [4.78, 5) is 30.4. The van der Waals surface area contributed by atoms with Crippen LogP contribution in [-0.4, -0.2) is 22.1 Å². The Bertz CT molecular complexity index is 1450. The first kappa shape index (κ1) is 23.3. The van der Waals surface area contributed by atoms with Crippen LogP contribution in [0.3, 0.4) is 0 Å². The van der Waals surface area contributed by atoms with Crippen LogP contribution in [0.15, 0.2) is 76.5 Å². The number of nitrogens with zero attached hydrogens (tertiary/aromatic N) is 2. The molecule has 1 amide bonds. The standard InChI is InChI=1S/C26H26N4O3S/c1-16-9-8-10-17(15-16)28-21-19-13-14-20(31)30(18-11-6-5-7-12-18)24(19)34-22(21)23(27)29-25(32)33-26(2,3)4/h5-15,28H,1-4H3,(H2,27,29,32). The highest BCUT2D eigenvalue weighted by Crippen LogP contribution is 2.38. The van der Waals surface area contributed by atoms with Crippen molar-refractivity contribution in [3.05, 3.63) is 87.5 Å². The van der Waals surface area contributed by atoms with Gasteiger partial charge < -0.3 is 15.8 Å². The van der Waals surface area contributed by atoms with E-state index >= 15 is 0 Å². The highest BCUT2D eigenvalue weighted by atomic mass is 32.1. The average molecular weight is 475 g/mol. The summed E-state index contributed by atoms with van der Waals surface area (Å²) in [6.45, 7) is 7.29. The van der Waals surface area contributed by atoms with Crippen molar-refractivity contribution in [2.75, 3.05) is 5.32 Å². The summed E-state index contributed by atoms with van der Waals surface area (Å²) in [6, 6.07) is 20.6. The maximum Gasteiger partial charge on any atom is 0.436 e. The van der Waals surface area contributed by atoms with Gasteiger partial charge in [0.2, 0.25) is 0 Å². The van der Waals surface area contributed by atoms with Gasteiger partial charge in [-0.2, -0.15) is 4.99 Å². The van der Waals surface area contributed by atoms with Gasteiger partial charge in [0.15, 0.2) is 5.84 Å². The van der Waals surface area contributed by atoms with Gasteiger partial charge in [0.1, 0.15) is 10.4 Å². The van der Waals surface area contributed by atoms with Crippen molar-refractivity contribution in [2.45, 2.75) is 33.3 Å². The average Bonchev–Trinajstić information content (AvgIpc) is 3.11. The fraction of sp³-hybridized carbons (Fsp3) is 0.192. The maximum absolute atomic E-state index is 12.9. The van der Waals surface area contributed by atoms with E-state index in [1.54, 1.807) is 31.4 Å². The third-order valence-electron chi connectivity index (χ3n) is 4.88. The second kappa shape index (κ2) is 9.15. The maximum atomic E-state index is 12.9. The molecule has 0 unspecified atom stereocenters. The molecule has 0 atom stereocenters. The van der Waals surface area contributed by atoms with E-state index < -0.39 is 11.7 Å². The van der Waals surface area contributed by atoms with Gasteiger partial charge in [-0.25, -0.2) is 4.79 Å². The number of aryl methyl sites for hydroxylation is 1. The quantitative estimate of drug-likeness (QED) is 0.290. The number of nitrogens with one attached hydrogen (secondary N) is 1. The van der Waals surface area contributed by atoms with Crippen molar-refractivity contribution in [1.82, 2.24) is 4.57 Å². The van der Waals surface area contributed by atoms with Gasteiger partial charge in [-0.1, -0.05) is 30.3 Å². The van der Waals surface area contributed by atoms with Crippen LogP contribution in [0.25, 0.3) is 15.9 Å². The minimum absolute atomic E-state index is 0.0117. The number of rotatable bonds is 4. The monoisotopic (exact) mass is 474 g/mol. The number of pyridine rings is 1. The Morgan fingerprint density at radius 1 is 1.06 bits per heavy atom. The molecule has 174 valence electrons. The number of aromatic nitrogens is 1. The Balaban J connectivity index is 1.92. The lowest BCUT2D eigenvalue weighted by Gasteiger charge is -2.17. The molecule has 2 aromatic heterocycles. The lowest BCUT2D eigenvalue weighted by Crippen LogP contribution is -2.24. The summed E-state index contributed by atoms with van der Waals surface area (Å²) < 4.78 is 6.94.